The Morgan fingerprint density at radius 1 is 1.08 bits per heavy atom. The van der Waals surface area contributed by atoms with Gasteiger partial charge in [-0.05, 0) is 43.5 Å². The van der Waals surface area contributed by atoms with E-state index in [1.165, 1.54) is 37.1 Å². The fraction of sp³-hybridized carbons (Fsp3) is 0.474. The molecule has 0 bridgehead atoms. The molecule has 0 aliphatic carbocycles. The molecule has 0 amide bonds. The van der Waals surface area contributed by atoms with Gasteiger partial charge in [0.05, 0.1) is 13.2 Å². The second-order valence-corrected chi connectivity index (χ2v) is 6.97. The molecule has 2 aromatic rings. The number of methoxy groups -OCH3 is 1. The number of fused-ring (bicyclic) bond motifs is 6. The van der Waals surface area contributed by atoms with Gasteiger partial charge in [0.2, 0.25) is 5.95 Å². The van der Waals surface area contributed by atoms with Gasteiger partial charge in [0.25, 0.3) is 0 Å². The summed E-state index contributed by atoms with van der Waals surface area (Å²) >= 11 is 0. The van der Waals surface area contributed by atoms with Crippen LogP contribution in [-0.4, -0.2) is 36.2 Å². The van der Waals surface area contributed by atoms with Gasteiger partial charge in [-0.3, -0.25) is 0 Å². The number of anilines is 2. The Morgan fingerprint density at radius 2 is 1.96 bits per heavy atom. The fourth-order valence-corrected chi connectivity index (χ4v) is 4.98. The van der Waals surface area contributed by atoms with Gasteiger partial charge in [-0.2, -0.15) is 0 Å². The van der Waals surface area contributed by atoms with Gasteiger partial charge in [0.1, 0.15) is 5.75 Å². The number of hydrogen-bond donors (Lipinski definition) is 0. The first kappa shape index (κ1) is 14.1. The van der Waals surface area contributed by atoms with Crippen LogP contribution >= 0.6 is 0 Å². The standard InChI is InChI=1S/C19H22N4O/c1-24-13-5-6-17-15(12-13)18-14(16-4-2-10-22(16)17)7-11-23(18)19-20-8-3-9-21-19/h3,5-6,8-9,12,14,16,18H,2,4,7,10-11H2,1H3/t14-,16-,18-/m1/s1. The van der Waals surface area contributed by atoms with Crippen molar-refractivity contribution < 1.29 is 4.74 Å². The van der Waals surface area contributed by atoms with Crippen LogP contribution in [0.4, 0.5) is 11.6 Å². The summed E-state index contributed by atoms with van der Waals surface area (Å²) in [5.74, 6) is 2.44. The normalized spacial score (nSPS) is 27.6. The Hall–Kier alpha value is -2.30. The van der Waals surface area contributed by atoms with E-state index in [0.717, 1.165) is 18.2 Å². The van der Waals surface area contributed by atoms with Gasteiger partial charge in [-0.15, -0.1) is 0 Å². The summed E-state index contributed by atoms with van der Waals surface area (Å²) in [6.45, 7) is 2.20. The van der Waals surface area contributed by atoms with Crippen LogP contribution in [0, 0.1) is 5.92 Å². The highest BCUT2D eigenvalue weighted by atomic mass is 16.5. The molecule has 124 valence electrons. The lowest BCUT2D eigenvalue weighted by atomic mass is 9.81. The Kier molecular flexibility index (Phi) is 3.15. The zero-order chi connectivity index (χ0) is 16.1. The van der Waals surface area contributed by atoms with Crippen LogP contribution in [0.2, 0.25) is 0 Å². The van der Waals surface area contributed by atoms with Gasteiger partial charge in [0.15, 0.2) is 0 Å². The smallest absolute Gasteiger partial charge is 0.225 e. The molecule has 5 heteroatoms. The molecule has 0 unspecified atom stereocenters. The monoisotopic (exact) mass is 322 g/mol. The molecule has 3 aliphatic rings. The molecular formula is C19H22N4O. The molecule has 0 radical (unpaired) electrons. The van der Waals surface area contributed by atoms with Crippen molar-refractivity contribution in [3.8, 4) is 5.75 Å². The van der Waals surface area contributed by atoms with E-state index in [4.69, 9.17) is 4.74 Å². The van der Waals surface area contributed by atoms with E-state index in [1.807, 2.05) is 18.5 Å². The maximum atomic E-state index is 5.51. The molecule has 2 fully saturated rings. The summed E-state index contributed by atoms with van der Waals surface area (Å²) in [5.41, 5.74) is 2.75. The van der Waals surface area contributed by atoms with Crippen molar-refractivity contribution >= 4 is 11.6 Å². The third-order valence-corrected chi connectivity index (χ3v) is 5.91. The third kappa shape index (κ3) is 1.93. The van der Waals surface area contributed by atoms with Crippen molar-refractivity contribution in [2.75, 3.05) is 30.0 Å². The van der Waals surface area contributed by atoms with Gasteiger partial charge in [0, 0.05) is 48.7 Å². The molecular weight excluding hydrogens is 300 g/mol. The molecule has 3 aliphatic heterocycles. The minimum absolute atomic E-state index is 0.358. The molecule has 5 nitrogen and oxygen atoms in total. The number of benzene rings is 1. The molecule has 0 N–H and O–H groups in total. The number of nitrogens with zero attached hydrogens (tertiary/aromatic N) is 4. The van der Waals surface area contributed by atoms with E-state index >= 15 is 0 Å². The first-order chi connectivity index (χ1) is 11.9. The van der Waals surface area contributed by atoms with E-state index in [9.17, 15) is 0 Å². The number of hydrogen-bond acceptors (Lipinski definition) is 5. The number of ether oxygens (including phenoxy) is 1. The van der Waals surface area contributed by atoms with Crippen LogP contribution in [0.5, 0.6) is 5.75 Å². The number of rotatable bonds is 2. The summed E-state index contributed by atoms with van der Waals surface area (Å²) in [4.78, 5) is 14.1. The van der Waals surface area contributed by atoms with Crippen molar-refractivity contribution in [3.05, 3.63) is 42.2 Å². The van der Waals surface area contributed by atoms with Crippen LogP contribution in [0.25, 0.3) is 0 Å². The lowest BCUT2D eigenvalue weighted by Gasteiger charge is -2.43. The second kappa shape index (κ2) is 5.36. The summed E-state index contributed by atoms with van der Waals surface area (Å²) in [7, 11) is 1.74. The summed E-state index contributed by atoms with van der Waals surface area (Å²) in [5, 5.41) is 0. The maximum absolute atomic E-state index is 5.51. The largest absolute Gasteiger partial charge is 0.497 e. The number of aromatic nitrogens is 2. The first-order valence-corrected chi connectivity index (χ1v) is 8.85. The zero-order valence-electron chi connectivity index (χ0n) is 13.9. The molecule has 24 heavy (non-hydrogen) atoms. The topological polar surface area (TPSA) is 41.5 Å². The van der Waals surface area contributed by atoms with Crippen molar-refractivity contribution in [3.63, 3.8) is 0 Å². The lowest BCUT2D eigenvalue weighted by molar-refractivity contribution is 0.369. The van der Waals surface area contributed by atoms with Crippen LogP contribution < -0.4 is 14.5 Å². The van der Waals surface area contributed by atoms with E-state index in [1.54, 1.807) is 7.11 Å². The summed E-state index contributed by atoms with van der Waals surface area (Å²) in [6, 6.07) is 9.45. The van der Waals surface area contributed by atoms with E-state index in [2.05, 4.69) is 38.0 Å². The van der Waals surface area contributed by atoms with Crippen LogP contribution in [0.3, 0.4) is 0 Å². The molecule has 1 aromatic heterocycles. The highest BCUT2D eigenvalue weighted by Gasteiger charge is 2.49. The zero-order valence-corrected chi connectivity index (χ0v) is 13.9. The average molecular weight is 322 g/mol. The Bertz CT molecular complexity index is 750. The first-order valence-electron chi connectivity index (χ1n) is 8.85. The highest BCUT2D eigenvalue weighted by Crippen LogP contribution is 2.52. The molecule has 2 saturated heterocycles. The van der Waals surface area contributed by atoms with Crippen molar-refractivity contribution in [2.45, 2.75) is 31.3 Å². The van der Waals surface area contributed by atoms with Crippen molar-refractivity contribution in [2.24, 2.45) is 5.92 Å². The Labute approximate surface area is 142 Å². The summed E-state index contributed by atoms with van der Waals surface area (Å²) in [6.07, 6.45) is 7.48. The van der Waals surface area contributed by atoms with E-state index < -0.39 is 0 Å². The molecule has 0 saturated carbocycles. The maximum Gasteiger partial charge on any atom is 0.225 e. The lowest BCUT2D eigenvalue weighted by Crippen LogP contribution is -2.44. The fourth-order valence-electron chi connectivity index (χ4n) is 4.98. The van der Waals surface area contributed by atoms with Gasteiger partial charge < -0.3 is 14.5 Å². The third-order valence-electron chi connectivity index (χ3n) is 5.91. The molecule has 0 spiro atoms. The Morgan fingerprint density at radius 3 is 2.79 bits per heavy atom. The predicted octanol–water partition coefficient (Wildman–Crippen LogP) is 3.04. The molecule has 1 aromatic carbocycles. The van der Waals surface area contributed by atoms with Crippen LogP contribution in [0.15, 0.2) is 36.7 Å². The quantitative estimate of drug-likeness (QED) is 0.850. The van der Waals surface area contributed by atoms with E-state index in [0.29, 0.717) is 18.0 Å². The van der Waals surface area contributed by atoms with Crippen molar-refractivity contribution in [1.29, 1.82) is 0 Å². The molecule has 5 rings (SSSR count). The minimum atomic E-state index is 0.358. The average Bonchev–Trinajstić information content (AvgIpc) is 3.29. The van der Waals surface area contributed by atoms with Gasteiger partial charge >= 0.3 is 0 Å². The second-order valence-electron chi connectivity index (χ2n) is 6.97. The molecule has 4 heterocycles. The molecule has 3 atom stereocenters. The van der Waals surface area contributed by atoms with Crippen molar-refractivity contribution in [1.82, 2.24) is 9.97 Å². The van der Waals surface area contributed by atoms with Crippen LogP contribution in [-0.2, 0) is 0 Å². The minimum Gasteiger partial charge on any atom is -0.497 e. The van der Waals surface area contributed by atoms with Crippen LogP contribution in [0.1, 0.15) is 30.9 Å². The SMILES string of the molecule is COc1ccc2c(c1)[C@H]1[C@H](CCN1c1ncccn1)[C@H]1CCCN21. The predicted molar refractivity (Wildman–Crippen MR) is 93.6 cm³/mol. The summed E-state index contributed by atoms with van der Waals surface area (Å²) < 4.78 is 5.51. The van der Waals surface area contributed by atoms with Gasteiger partial charge in [-0.1, -0.05) is 0 Å². The highest BCUT2D eigenvalue weighted by molar-refractivity contribution is 5.64. The van der Waals surface area contributed by atoms with Gasteiger partial charge in [-0.25, -0.2) is 9.97 Å². The Balaban J connectivity index is 1.65. The van der Waals surface area contributed by atoms with E-state index in [-0.39, 0.29) is 0 Å².